The van der Waals surface area contributed by atoms with Crippen LogP contribution in [0, 0.1) is 0 Å². The molecule has 62 valence electrons. The maximum absolute atomic E-state index is 10.5. The van der Waals surface area contributed by atoms with E-state index >= 15 is 0 Å². The molecule has 0 atom stereocenters. The van der Waals surface area contributed by atoms with E-state index in [0.717, 1.165) is 0 Å². The first kappa shape index (κ1) is 7.35. The highest BCUT2D eigenvalue weighted by Crippen LogP contribution is 2.39. The van der Waals surface area contributed by atoms with Crippen molar-refractivity contribution < 1.29 is 9.90 Å². The van der Waals surface area contributed by atoms with Gasteiger partial charge in [-0.25, -0.2) is 4.79 Å². The summed E-state index contributed by atoms with van der Waals surface area (Å²) in [5.74, 6) is -0.148. The standard InChI is InChI=1S/C10H10O2/c11-10(12)9-5-3-8(4-6-9)7-1-2-7/h3-7H,1-2H2,(H,11,12). The summed E-state index contributed by atoms with van der Waals surface area (Å²) in [7, 11) is 0. The molecule has 1 aliphatic rings. The number of carbonyl (C=O) groups is 1. The number of benzene rings is 1. The Kier molecular flexibility index (Phi) is 1.61. The van der Waals surface area contributed by atoms with Gasteiger partial charge in [0.15, 0.2) is 0 Å². The Morgan fingerprint density at radius 1 is 1.25 bits per heavy atom. The SMILES string of the molecule is O=C(O)c1ccc(C2CC2)cc1. The normalized spacial score (nSPS) is 16.0. The van der Waals surface area contributed by atoms with Crippen LogP contribution in [0.15, 0.2) is 24.3 Å². The zero-order chi connectivity index (χ0) is 8.55. The maximum atomic E-state index is 10.5. The molecule has 1 fully saturated rings. The summed E-state index contributed by atoms with van der Waals surface area (Å²) < 4.78 is 0. The minimum absolute atomic E-state index is 0.374. The van der Waals surface area contributed by atoms with Crippen LogP contribution in [0.25, 0.3) is 0 Å². The molecule has 12 heavy (non-hydrogen) atoms. The molecule has 1 saturated carbocycles. The average molecular weight is 162 g/mol. The van der Waals surface area contributed by atoms with Crippen molar-refractivity contribution in [2.75, 3.05) is 0 Å². The number of hydrogen-bond acceptors (Lipinski definition) is 1. The van der Waals surface area contributed by atoms with Gasteiger partial charge in [-0.3, -0.25) is 0 Å². The Morgan fingerprint density at radius 3 is 2.25 bits per heavy atom. The predicted molar refractivity (Wildman–Crippen MR) is 45.4 cm³/mol. The van der Waals surface area contributed by atoms with E-state index in [1.807, 2.05) is 12.1 Å². The molecule has 0 amide bonds. The molecule has 0 radical (unpaired) electrons. The van der Waals surface area contributed by atoms with Gasteiger partial charge in [0.25, 0.3) is 0 Å². The quantitative estimate of drug-likeness (QED) is 0.724. The van der Waals surface area contributed by atoms with Crippen LogP contribution in [-0.2, 0) is 0 Å². The highest BCUT2D eigenvalue weighted by Gasteiger charge is 2.23. The van der Waals surface area contributed by atoms with Crippen molar-refractivity contribution in [3.05, 3.63) is 35.4 Å². The highest BCUT2D eigenvalue weighted by molar-refractivity contribution is 5.87. The van der Waals surface area contributed by atoms with Crippen molar-refractivity contribution in [3.8, 4) is 0 Å². The first-order valence-electron chi connectivity index (χ1n) is 4.10. The lowest BCUT2D eigenvalue weighted by molar-refractivity contribution is 0.0697. The second kappa shape index (κ2) is 2.63. The Labute approximate surface area is 70.8 Å². The minimum atomic E-state index is -0.850. The van der Waals surface area contributed by atoms with Gasteiger partial charge in [0.2, 0.25) is 0 Å². The largest absolute Gasteiger partial charge is 0.478 e. The second-order valence-electron chi connectivity index (χ2n) is 3.20. The third-order valence-electron chi connectivity index (χ3n) is 2.21. The number of carboxylic acid groups (broad SMARTS) is 1. The third kappa shape index (κ3) is 1.33. The van der Waals surface area contributed by atoms with E-state index in [0.29, 0.717) is 11.5 Å². The van der Waals surface area contributed by atoms with Crippen molar-refractivity contribution in [1.29, 1.82) is 0 Å². The summed E-state index contributed by atoms with van der Waals surface area (Å²) in [5.41, 5.74) is 1.65. The van der Waals surface area contributed by atoms with E-state index in [1.165, 1.54) is 18.4 Å². The summed E-state index contributed by atoms with van der Waals surface area (Å²) >= 11 is 0. The fraction of sp³-hybridized carbons (Fsp3) is 0.300. The number of aromatic carboxylic acids is 1. The van der Waals surface area contributed by atoms with E-state index < -0.39 is 5.97 Å². The Bertz CT molecular complexity index is 296. The summed E-state index contributed by atoms with van der Waals surface area (Å²) in [5, 5.41) is 8.63. The first-order chi connectivity index (χ1) is 5.77. The molecule has 0 aliphatic heterocycles. The Balaban J connectivity index is 2.24. The van der Waals surface area contributed by atoms with Crippen molar-refractivity contribution in [2.24, 2.45) is 0 Å². The lowest BCUT2D eigenvalue weighted by Crippen LogP contribution is -1.95. The topological polar surface area (TPSA) is 37.3 Å². The molecule has 1 aromatic carbocycles. The van der Waals surface area contributed by atoms with Crippen LogP contribution in [0.5, 0.6) is 0 Å². The van der Waals surface area contributed by atoms with Gasteiger partial charge in [-0.1, -0.05) is 12.1 Å². The summed E-state index contributed by atoms with van der Waals surface area (Å²) in [4.78, 5) is 10.5. The van der Waals surface area contributed by atoms with Crippen molar-refractivity contribution in [2.45, 2.75) is 18.8 Å². The van der Waals surface area contributed by atoms with Gasteiger partial charge >= 0.3 is 5.97 Å². The fourth-order valence-electron chi connectivity index (χ4n) is 1.31. The lowest BCUT2D eigenvalue weighted by Gasteiger charge is -1.97. The summed E-state index contributed by atoms with van der Waals surface area (Å²) in [6, 6.07) is 7.19. The minimum Gasteiger partial charge on any atom is -0.478 e. The van der Waals surface area contributed by atoms with E-state index in [1.54, 1.807) is 12.1 Å². The Morgan fingerprint density at radius 2 is 1.83 bits per heavy atom. The van der Waals surface area contributed by atoms with Crippen LogP contribution in [-0.4, -0.2) is 11.1 Å². The molecule has 0 spiro atoms. The third-order valence-corrected chi connectivity index (χ3v) is 2.21. The molecule has 2 nitrogen and oxygen atoms in total. The lowest BCUT2D eigenvalue weighted by atomic mass is 10.1. The molecule has 1 aromatic rings. The molecule has 0 unspecified atom stereocenters. The summed E-state index contributed by atoms with van der Waals surface area (Å²) in [6.07, 6.45) is 2.51. The molecular weight excluding hydrogens is 152 g/mol. The number of carboxylic acids is 1. The van der Waals surface area contributed by atoms with Crippen LogP contribution < -0.4 is 0 Å². The van der Waals surface area contributed by atoms with Crippen molar-refractivity contribution in [1.82, 2.24) is 0 Å². The molecule has 0 saturated heterocycles. The van der Waals surface area contributed by atoms with E-state index in [2.05, 4.69) is 0 Å². The van der Waals surface area contributed by atoms with Gasteiger partial charge in [0.1, 0.15) is 0 Å². The number of hydrogen-bond donors (Lipinski definition) is 1. The van der Waals surface area contributed by atoms with Crippen LogP contribution >= 0.6 is 0 Å². The van der Waals surface area contributed by atoms with Gasteiger partial charge in [-0.2, -0.15) is 0 Å². The highest BCUT2D eigenvalue weighted by atomic mass is 16.4. The zero-order valence-corrected chi connectivity index (χ0v) is 6.66. The van der Waals surface area contributed by atoms with Gasteiger partial charge < -0.3 is 5.11 Å². The monoisotopic (exact) mass is 162 g/mol. The van der Waals surface area contributed by atoms with Crippen LogP contribution in [0.3, 0.4) is 0 Å². The molecule has 0 heterocycles. The first-order valence-corrected chi connectivity index (χ1v) is 4.10. The van der Waals surface area contributed by atoms with Gasteiger partial charge in [-0.15, -0.1) is 0 Å². The molecule has 2 heteroatoms. The molecule has 1 N–H and O–H groups in total. The zero-order valence-electron chi connectivity index (χ0n) is 6.66. The van der Waals surface area contributed by atoms with E-state index in [-0.39, 0.29) is 0 Å². The predicted octanol–water partition coefficient (Wildman–Crippen LogP) is 2.26. The average Bonchev–Trinajstić information content (AvgIpc) is 2.87. The van der Waals surface area contributed by atoms with Crippen LogP contribution in [0.2, 0.25) is 0 Å². The van der Waals surface area contributed by atoms with Crippen molar-refractivity contribution in [3.63, 3.8) is 0 Å². The summed E-state index contributed by atoms with van der Waals surface area (Å²) in [6.45, 7) is 0. The number of rotatable bonds is 2. The maximum Gasteiger partial charge on any atom is 0.335 e. The molecule has 0 aromatic heterocycles. The van der Waals surface area contributed by atoms with E-state index in [9.17, 15) is 4.79 Å². The van der Waals surface area contributed by atoms with Gasteiger partial charge in [0.05, 0.1) is 5.56 Å². The smallest absolute Gasteiger partial charge is 0.335 e. The van der Waals surface area contributed by atoms with E-state index in [4.69, 9.17) is 5.11 Å². The molecule has 0 bridgehead atoms. The van der Waals surface area contributed by atoms with Crippen molar-refractivity contribution >= 4 is 5.97 Å². The Hall–Kier alpha value is -1.31. The van der Waals surface area contributed by atoms with Crippen LogP contribution in [0.4, 0.5) is 0 Å². The van der Waals surface area contributed by atoms with Crippen LogP contribution in [0.1, 0.15) is 34.7 Å². The fourth-order valence-corrected chi connectivity index (χ4v) is 1.31. The molecule has 1 aliphatic carbocycles. The molecule has 2 rings (SSSR count). The second-order valence-corrected chi connectivity index (χ2v) is 3.20. The molecular formula is C10H10O2. The van der Waals surface area contributed by atoms with Gasteiger partial charge in [0, 0.05) is 0 Å². The van der Waals surface area contributed by atoms with Gasteiger partial charge in [-0.05, 0) is 36.5 Å².